The van der Waals surface area contributed by atoms with Gasteiger partial charge in [-0.2, -0.15) is 12.6 Å². The fraction of sp³-hybridized carbons (Fsp3) is 0.476. The van der Waals surface area contributed by atoms with Gasteiger partial charge < -0.3 is 25.4 Å². The van der Waals surface area contributed by atoms with Crippen LogP contribution >= 0.6 is 12.6 Å². The van der Waals surface area contributed by atoms with Crippen LogP contribution in [0.15, 0.2) is 24.3 Å². The minimum Gasteiger partial charge on any atom is -0.465 e. The normalized spacial score (nSPS) is 12.0. The Labute approximate surface area is 206 Å². The summed E-state index contributed by atoms with van der Waals surface area (Å²) in [5, 5.41) is 18.0. The maximum atomic E-state index is 12.5. The molecule has 14 heteroatoms. The highest BCUT2D eigenvalue weighted by Crippen LogP contribution is 2.12. The molecule has 1 aromatic rings. The molecule has 0 saturated carbocycles. The number of nitrogens with one attached hydrogen (secondary N) is 3. The van der Waals surface area contributed by atoms with Crippen molar-refractivity contribution >= 4 is 48.0 Å². The molecule has 0 aliphatic heterocycles. The van der Waals surface area contributed by atoms with Gasteiger partial charge in [0, 0.05) is 29.9 Å². The Hall–Kier alpha value is -3.68. The quantitative estimate of drug-likeness (QED) is 0.116. The molecule has 0 aliphatic rings. The maximum absolute atomic E-state index is 12.5. The number of thiol groups is 1. The molecule has 3 amide bonds. The van der Waals surface area contributed by atoms with Crippen molar-refractivity contribution in [2.24, 2.45) is 0 Å². The van der Waals surface area contributed by atoms with Crippen molar-refractivity contribution in [3.8, 4) is 0 Å². The molecular weight excluding hydrogens is 484 g/mol. The van der Waals surface area contributed by atoms with Gasteiger partial charge in [-0.1, -0.05) is 0 Å². The van der Waals surface area contributed by atoms with Crippen LogP contribution in [0.25, 0.3) is 0 Å². The molecule has 0 unspecified atom stereocenters. The smallest absolute Gasteiger partial charge is 0.328 e. The van der Waals surface area contributed by atoms with E-state index >= 15 is 0 Å². The Balaban J connectivity index is 2.72. The average Bonchev–Trinajstić information content (AvgIpc) is 2.83. The largest absolute Gasteiger partial charge is 0.465 e. The van der Waals surface area contributed by atoms with Crippen molar-refractivity contribution in [2.45, 2.75) is 38.8 Å². The van der Waals surface area contributed by atoms with E-state index in [1.54, 1.807) is 13.8 Å². The second-order valence-electron chi connectivity index (χ2n) is 6.95. The number of carbonyl (C=O) groups excluding carboxylic acids is 5. The number of hydrogen-bond acceptors (Lipinski definition) is 10. The molecule has 2 atom stereocenters. The fourth-order valence-electron chi connectivity index (χ4n) is 2.70. The number of benzene rings is 1. The summed E-state index contributed by atoms with van der Waals surface area (Å²) >= 11 is 4.03. The highest BCUT2D eigenvalue weighted by atomic mass is 32.1. The van der Waals surface area contributed by atoms with E-state index in [1.165, 1.54) is 12.1 Å². The Morgan fingerprint density at radius 2 is 1.63 bits per heavy atom. The second kappa shape index (κ2) is 15.3. The molecule has 0 bridgehead atoms. The summed E-state index contributed by atoms with van der Waals surface area (Å²) in [4.78, 5) is 70.8. The molecule has 13 nitrogen and oxygen atoms in total. The summed E-state index contributed by atoms with van der Waals surface area (Å²) in [6.07, 6.45) is -0.396. The van der Waals surface area contributed by atoms with Crippen LogP contribution in [0.1, 0.15) is 37.0 Å². The van der Waals surface area contributed by atoms with Crippen LogP contribution in [0.3, 0.4) is 0 Å². The van der Waals surface area contributed by atoms with Crippen LogP contribution < -0.4 is 16.0 Å². The molecular formula is C21H28N4O9S. The zero-order valence-electron chi connectivity index (χ0n) is 19.3. The molecule has 1 aromatic carbocycles. The van der Waals surface area contributed by atoms with E-state index in [4.69, 9.17) is 9.47 Å². The van der Waals surface area contributed by atoms with Crippen LogP contribution in [0.4, 0.5) is 5.69 Å². The molecule has 0 heterocycles. The van der Waals surface area contributed by atoms with Gasteiger partial charge in [0.25, 0.3) is 11.6 Å². The molecule has 35 heavy (non-hydrogen) atoms. The van der Waals surface area contributed by atoms with E-state index in [0.717, 1.165) is 12.1 Å². The summed E-state index contributed by atoms with van der Waals surface area (Å²) in [5.74, 6) is -3.40. The number of hydrogen-bond donors (Lipinski definition) is 4. The highest BCUT2D eigenvalue weighted by molar-refractivity contribution is 7.80. The minimum atomic E-state index is -1.18. The first-order chi connectivity index (χ1) is 16.6. The molecule has 3 N–H and O–H groups in total. The lowest BCUT2D eigenvalue weighted by Gasteiger charge is -2.19. The summed E-state index contributed by atoms with van der Waals surface area (Å²) < 4.78 is 9.65. The Morgan fingerprint density at radius 3 is 2.17 bits per heavy atom. The van der Waals surface area contributed by atoms with E-state index in [9.17, 15) is 34.1 Å². The molecule has 0 aliphatic carbocycles. The van der Waals surface area contributed by atoms with E-state index < -0.39 is 46.7 Å². The van der Waals surface area contributed by atoms with E-state index in [2.05, 4.69) is 28.6 Å². The highest BCUT2D eigenvalue weighted by Gasteiger charge is 2.25. The van der Waals surface area contributed by atoms with Gasteiger partial charge in [0.1, 0.15) is 18.6 Å². The first kappa shape index (κ1) is 29.4. The number of carbonyl (C=O) groups is 5. The lowest BCUT2D eigenvalue weighted by Crippen LogP contribution is -2.49. The van der Waals surface area contributed by atoms with Crippen molar-refractivity contribution in [3.63, 3.8) is 0 Å². The Kier molecular flexibility index (Phi) is 12.8. The third kappa shape index (κ3) is 10.4. The predicted molar refractivity (Wildman–Crippen MR) is 126 cm³/mol. The van der Waals surface area contributed by atoms with E-state index in [0.29, 0.717) is 0 Å². The third-order valence-corrected chi connectivity index (χ3v) is 4.79. The van der Waals surface area contributed by atoms with Gasteiger partial charge in [-0.05, 0) is 32.4 Å². The Morgan fingerprint density at radius 1 is 1.00 bits per heavy atom. The number of nitro groups is 1. The monoisotopic (exact) mass is 512 g/mol. The number of non-ortho nitro benzene ring substituents is 1. The molecule has 192 valence electrons. The average molecular weight is 513 g/mol. The van der Waals surface area contributed by atoms with Crippen molar-refractivity contribution in [3.05, 3.63) is 39.9 Å². The Bertz CT molecular complexity index is 924. The second-order valence-corrected chi connectivity index (χ2v) is 7.31. The summed E-state index contributed by atoms with van der Waals surface area (Å²) in [6, 6.07) is 2.52. The molecule has 0 fully saturated rings. The van der Waals surface area contributed by atoms with Crippen molar-refractivity contribution in [1.29, 1.82) is 0 Å². The van der Waals surface area contributed by atoms with Gasteiger partial charge in [0.15, 0.2) is 0 Å². The number of esters is 2. The van der Waals surface area contributed by atoms with Crippen molar-refractivity contribution in [2.75, 3.05) is 25.5 Å². The fourth-order valence-corrected chi connectivity index (χ4v) is 2.96. The first-order valence-corrected chi connectivity index (χ1v) is 11.3. The molecule has 1 rings (SSSR count). The molecule has 0 spiro atoms. The van der Waals surface area contributed by atoms with Gasteiger partial charge in [0.2, 0.25) is 11.8 Å². The number of amides is 3. The summed E-state index contributed by atoms with van der Waals surface area (Å²) in [7, 11) is 0. The van der Waals surface area contributed by atoms with Gasteiger partial charge >= 0.3 is 11.9 Å². The first-order valence-electron chi connectivity index (χ1n) is 10.7. The topological polar surface area (TPSA) is 183 Å². The molecule has 0 saturated heterocycles. The van der Waals surface area contributed by atoms with E-state index in [1.807, 2.05) is 0 Å². The van der Waals surface area contributed by atoms with Crippen LogP contribution in [-0.4, -0.2) is 72.2 Å². The molecule has 0 aromatic heterocycles. The molecule has 0 radical (unpaired) electrons. The lowest BCUT2D eigenvalue weighted by atomic mass is 10.1. The summed E-state index contributed by atoms with van der Waals surface area (Å²) in [5.41, 5.74) is -0.132. The number of ether oxygens (including phenoxy) is 2. The van der Waals surface area contributed by atoms with Gasteiger partial charge in [-0.3, -0.25) is 29.3 Å². The van der Waals surface area contributed by atoms with Gasteiger partial charge in [0.05, 0.1) is 18.1 Å². The zero-order chi connectivity index (χ0) is 26.4. The SMILES string of the molecule is CCOC(=O)CNC(=O)[C@H](CS)NC(=O)CC[C@H](NC(=O)c1ccc([N+](=O)[O-])cc1)C(=O)OCC. The van der Waals surface area contributed by atoms with Crippen LogP contribution in [0.5, 0.6) is 0 Å². The van der Waals surface area contributed by atoms with Crippen LogP contribution in [0.2, 0.25) is 0 Å². The number of rotatable bonds is 14. The maximum Gasteiger partial charge on any atom is 0.328 e. The van der Waals surface area contributed by atoms with Gasteiger partial charge in [-0.25, -0.2) is 4.79 Å². The van der Waals surface area contributed by atoms with Crippen molar-refractivity contribution < 1.29 is 38.4 Å². The van der Waals surface area contributed by atoms with Crippen LogP contribution in [0, 0.1) is 10.1 Å². The predicted octanol–water partition coefficient (Wildman–Crippen LogP) is 0.130. The number of nitro benzene ring substituents is 1. The zero-order valence-corrected chi connectivity index (χ0v) is 20.2. The lowest BCUT2D eigenvalue weighted by molar-refractivity contribution is -0.384. The minimum absolute atomic E-state index is 0.0390. The van der Waals surface area contributed by atoms with Crippen molar-refractivity contribution in [1.82, 2.24) is 16.0 Å². The number of nitrogens with zero attached hydrogens (tertiary/aromatic N) is 1. The van der Waals surface area contributed by atoms with Crippen LogP contribution in [-0.2, 0) is 28.7 Å². The third-order valence-electron chi connectivity index (χ3n) is 4.42. The summed E-state index contributed by atoms with van der Waals surface area (Å²) in [6.45, 7) is 3.02. The standard InChI is InChI=1S/C21H28N4O9S/c1-3-33-18(27)11-22-20(29)16(12-35)23-17(26)10-9-15(21(30)34-4-2)24-19(28)13-5-7-14(8-6-13)25(31)32/h5-8,15-16,35H,3-4,9-12H2,1-2H3,(H,22,29)(H,23,26)(H,24,28)/t15-,16-/m0/s1. The van der Waals surface area contributed by atoms with Gasteiger partial charge in [-0.15, -0.1) is 0 Å². The van der Waals surface area contributed by atoms with E-state index in [-0.39, 0.29) is 49.6 Å².